The van der Waals surface area contributed by atoms with Crippen LogP contribution in [0.1, 0.15) is 47.2 Å². The molecule has 2 aliphatic rings. The summed E-state index contributed by atoms with van der Waals surface area (Å²) in [7, 11) is 0. The average Bonchev–Trinajstić information content (AvgIpc) is 3.35. The fourth-order valence-corrected chi connectivity index (χ4v) is 6.01. The van der Waals surface area contributed by atoms with Crippen molar-refractivity contribution in [2.24, 2.45) is 4.99 Å². The van der Waals surface area contributed by atoms with Gasteiger partial charge in [-0.2, -0.15) is 0 Å². The normalized spacial score (nSPS) is 23.0. The molecule has 1 saturated heterocycles. The number of thioether (sulfide) groups is 1. The second kappa shape index (κ2) is 7.47. The van der Waals surface area contributed by atoms with Crippen LogP contribution in [0.5, 0.6) is 0 Å². The quantitative estimate of drug-likeness (QED) is 0.501. The highest BCUT2D eigenvalue weighted by atomic mass is 35.5. The number of halogens is 1. The van der Waals surface area contributed by atoms with E-state index in [1.54, 1.807) is 0 Å². The Balaban J connectivity index is 1.65. The number of aliphatic imine (C=N–C) groups is 1. The summed E-state index contributed by atoms with van der Waals surface area (Å²) >= 11 is 8.32. The zero-order valence-electron chi connectivity index (χ0n) is 17.6. The number of benzene rings is 1. The molecule has 0 radical (unpaired) electrons. The van der Waals surface area contributed by atoms with E-state index < -0.39 is 0 Å². The van der Waals surface area contributed by atoms with E-state index >= 15 is 0 Å². The first-order chi connectivity index (χ1) is 14.5. The van der Waals surface area contributed by atoms with Gasteiger partial charge in [0, 0.05) is 40.1 Å². The largest absolute Gasteiger partial charge is 0.341 e. The molecule has 6 heteroatoms. The van der Waals surface area contributed by atoms with Crippen molar-refractivity contribution in [2.75, 3.05) is 6.54 Å². The molecule has 3 atom stereocenters. The third-order valence-corrected chi connectivity index (χ3v) is 7.66. The van der Waals surface area contributed by atoms with Gasteiger partial charge in [-0.1, -0.05) is 42.4 Å². The van der Waals surface area contributed by atoms with Crippen LogP contribution in [-0.2, 0) is 0 Å². The molecule has 0 spiro atoms. The van der Waals surface area contributed by atoms with Crippen LogP contribution in [0.25, 0.3) is 5.69 Å². The molecular formula is C24H25ClN4S. The summed E-state index contributed by atoms with van der Waals surface area (Å²) in [6.07, 6.45) is 1.87. The minimum Gasteiger partial charge on any atom is -0.341 e. The van der Waals surface area contributed by atoms with Gasteiger partial charge in [0.2, 0.25) is 0 Å². The molecule has 1 aromatic carbocycles. The van der Waals surface area contributed by atoms with Gasteiger partial charge in [-0.05, 0) is 62.2 Å². The maximum absolute atomic E-state index is 6.44. The van der Waals surface area contributed by atoms with Gasteiger partial charge in [0.25, 0.3) is 0 Å². The molecule has 2 aromatic heterocycles. The van der Waals surface area contributed by atoms with Crippen LogP contribution in [0.4, 0.5) is 0 Å². The Bertz CT molecular complexity index is 1140. The highest BCUT2D eigenvalue weighted by Crippen LogP contribution is 2.49. The third kappa shape index (κ3) is 3.07. The Kier molecular flexibility index (Phi) is 4.91. The van der Waals surface area contributed by atoms with Gasteiger partial charge in [0.1, 0.15) is 6.04 Å². The Morgan fingerprint density at radius 1 is 1.10 bits per heavy atom. The van der Waals surface area contributed by atoms with Crippen molar-refractivity contribution in [1.29, 1.82) is 0 Å². The van der Waals surface area contributed by atoms with Crippen LogP contribution in [0.15, 0.2) is 53.7 Å². The molecule has 154 valence electrons. The lowest BCUT2D eigenvalue weighted by molar-refractivity contribution is 0.320. The maximum atomic E-state index is 6.44. The Morgan fingerprint density at radius 3 is 2.70 bits per heavy atom. The maximum Gasteiger partial charge on any atom is 0.160 e. The average molecular weight is 437 g/mol. The van der Waals surface area contributed by atoms with Gasteiger partial charge in [0.15, 0.2) is 5.17 Å². The summed E-state index contributed by atoms with van der Waals surface area (Å²) in [6, 6.07) is 14.7. The number of rotatable bonds is 3. The van der Waals surface area contributed by atoms with Gasteiger partial charge < -0.3 is 9.47 Å². The standard InChI is InChI=1S/C24H25ClN4S/c1-14-12-18(17(4)29(14)21-10-7-8-19(25)16(21)3)23-22(20-9-5-6-11-26-20)27-24-28(23)13-15(2)30-24/h5-12,15,22-23H,13H2,1-4H3/t15-,22+,23+/m0/s1. The van der Waals surface area contributed by atoms with Crippen molar-refractivity contribution in [2.45, 2.75) is 45.0 Å². The molecule has 30 heavy (non-hydrogen) atoms. The van der Waals surface area contributed by atoms with E-state index in [1.807, 2.05) is 36.2 Å². The summed E-state index contributed by atoms with van der Waals surface area (Å²) in [5, 5.41) is 2.49. The molecule has 0 saturated carbocycles. The SMILES string of the molecule is Cc1c(Cl)cccc1-n1c(C)cc([C@@H]2[C@@H](c3ccccn3)N=C3S[C@@H](C)CN32)c1C. The molecule has 4 heterocycles. The van der Waals surface area contributed by atoms with Crippen LogP contribution in [0, 0.1) is 20.8 Å². The van der Waals surface area contributed by atoms with Gasteiger partial charge in [-0.15, -0.1) is 0 Å². The highest BCUT2D eigenvalue weighted by Gasteiger charge is 2.44. The smallest absolute Gasteiger partial charge is 0.160 e. The lowest BCUT2D eigenvalue weighted by atomic mass is 9.96. The van der Waals surface area contributed by atoms with Crippen molar-refractivity contribution in [3.63, 3.8) is 0 Å². The summed E-state index contributed by atoms with van der Waals surface area (Å²) in [4.78, 5) is 12.3. The summed E-state index contributed by atoms with van der Waals surface area (Å²) in [6.45, 7) is 9.75. The van der Waals surface area contributed by atoms with Crippen molar-refractivity contribution < 1.29 is 0 Å². The number of nitrogens with zero attached hydrogens (tertiary/aromatic N) is 4. The van der Waals surface area contributed by atoms with Crippen molar-refractivity contribution >= 4 is 28.5 Å². The highest BCUT2D eigenvalue weighted by molar-refractivity contribution is 8.14. The van der Waals surface area contributed by atoms with E-state index in [4.69, 9.17) is 16.6 Å². The van der Waals surface area contributed by atoms with E-state index in [9.17, 15) is 0 Å². The molecule has 1 fully saturated rings. The molecule has 0 amide bonds. The van der Waals surface area contributed by atoms with Crippen LogP contribution in [-0.4, -0.2) is 31.4 Å². The van der Waals surface area contributed by atoms with Gasteiger partial charge in [-0.25, -0.2) is 0 Å². The van der Waals surface area contributed by atoms with Crippen LogP contribution < -0.4 is 0 Å². The van der Waals surface area contributed by atoms with Crippen LogP contribution in [0.2, 0.25) is 5.02 Å². The minimum atomic E-state index is 0.00982. The first-order valence-corrected chi connectivity index (χ1v) is 11.6. The van der Waals surface area contributed by atoms with E-state index in [1.165, 1.54) is 17.0 Å². The number of aromatic nitrogens is 2. The number of hydrogen-bond acceptors (Lipinski definition) is 4. The van der Waals surface area contributed by atoms with Gasteiger partial charge in [-0.3, -0.25) is 9.98 Å². The second-order valence-electron chi connectivity index (χ2n) is 8.18. The summed E-state index contributed by atoms with van der Waals surface area (Å²) < 4.78 is 2.33. The van der Waals surface area contributed by atoms with Crippen molar-refractivity contribution in [1.82, 2.24) is 14.5 Å². The lowest BCUT2D eigenvalue weighted by Crippen LogP contribution is -2.28. The fourth-order valence-electron chi connectivity index (χ4n) is 4.75. The molecule has 5 rings (SSSR count). The first kappa shape index (κ1) is 19.7. The monoisotopic (exact) mass is 436 g/mol. The number of amidine groups is 1. The second-order valence-corrected chi connectivity index (χ2v) is 10.00. The molecular weight excluding hydrogens is 412 g/mol. The zero-order chi connectivity index (χ0) is 21.0. The van der Waals surface area contributed by atoms with Gasteiger partial charge >= 0.3 is 0 Å². The number of pyridine rings is 1. The number of aryl methyl sites for hydroxylation is 1. The number of hydrogen-bond donors (Lipinski definition) is 0. The lowest BCUT2D eigenvalue weighted by Gasteiger charge is -2.27. The summed E-state index contributed by atoms with van der Waals surface area (Å²) in [5.74, 6) is 0. The van der Waals surface area contributed by atoms with E-state index in [0.29, 0.717) is 5.25 Å². The van der Waals surface area contributed by atoms with Gasteiger partial charge in [0.05, 0.1) is 11.7 Å². The molecule has 3 aromatic rings. The van der Waals surface area contributed by atoms with Crippen LogP contribution >= 0.6 is 23.4 Å². The molecule has 2 aliphatic heterocycles. The van der Waals surface area contributed by atoms with Crippen molar-refractivity contribution in [3.8, 4) is 5.69 Å². The predicted octanol–water partition coefficient (Wildman–Crippen LogP) is 6.04. The minimum absolute atomic E-state index is 0.00982. The molecule has 4 nitrogen and oxygen atoms in total. The van der Waals surface area contributed by atoms with E-state index in [-0.39, 0.29) is 12.1 Å². The third-order valence-electron chi connectivity index (χ3n) is 6.15. The Hall–Kier alpha value is -2.24. The van der Waals surface area contributed by atoms with Crippen molar-refractivity contribution in [3.05, 3.63) is 81.9 Å². The summed E-state index contributed by atoms with van der Waals surface area (Å²) in [5.41, 5.74) is 7.03. The zero-order valence-corrected chi connectivity index (χ0v) is 19.2. The Labute approximate surface area is 187 Å². The van der Waals surface area contributed by atoms with E-state index in [2.05, 4.69) is 66.4 Å². The number of fused-ring (bicyclic) bond motifs is 1. The molecule has 0 aliphatic carbocycles. The Morgan fingerprint density at radius 2 is 1.93 bits per heavy atom. The molecule has 0 bridgehead atoms. The molecule has 0 N–H and O–H groups in total. The fraction of sp³-hybridized carbons (Fsp3) is 0.333. The van der Waals surface area contributed by atoms with Crippen LogP contribution in [0.3, 0.4) is 0 Å². The molecule has 0 unspecified atom stereocenters. The van der Waals surface area contributed by atoms with E-state index in [0.717, 1.165) is 33.7 Å². The predicted molar refractivity (Wildman–Crippen MR) is 126 cm³/mol. The first-order valence-electron chi connectivity index (χ1n) is 10.3. The topological polar surface area (TPSA) is 33.4 Å².